The molecule has 0 saturated heterocycles. The lowest BCUT2D eigenvalue weighted by Gasteiger charge is -2.02. The summed E-state index contributed by atoms with van der Waals surface area (Å²) in [5, 5.41) is 2.57. The van der Waals surface area contributed by atoms with Crippen molar-refractivity contribution in [1.29, 1.82) is 0 Å². The topological polar surface area (TPSA) is 9.23 Å². The van der Waals surface area contributed by atoms with E-state index in [1.807, 2.05) is 0 Å². The standard InChI is InChI=1S/C13H13O/c1-14-9-8-11-6-7-12-4-2-3-5-13(12)10-11/h2-7,10H,1,8-9H2. The molecule has 0 saturated carbocycles. The van der Waals surface area contributed by atoms with Gasteiger partial charge >= 0.3 is 0 Å². The molecule has 1 radical (unpaired) electrons. The van der Waals surface area contributed by atoms with E-state index in [4.69, 9.17) is 4.74 Å². The maximum atomic E-state index is 4.81. The second-order valence-electron chi connectivity index (χ2n) is 3.34. The molecule has 0 heterocycles. The molecule has 1 heteroatoms. The first-order valence-electron chi connectivity index (χ1n) is 4.75. The first kappa shape index (κ1) is 9.22. The normalized spacial score (nSPS) is 10.6. The van der Waals surface area contributed by atoms with Crippen LogP contribution in [0.25, 0.3) is 10.8 Å². The molecule has 0 unspecified atom stereocenters. The number of ether oxygens (including phenoxy) is 1. The first-order chi connectivity index (χ1) is 6.90. The van der Waals surface area contributed by atoms with Crippen molar-refractivity contribution in [2.75, 3.05) is 6.61 Å². The lowest BCUT2D eigenvalue weighted by Crippen LogP contribution is -1.92. The average molecular weight is 185 g/mol. The van der Waals surface area contributed by atoms with Crippen molar-refractivity contribution in [3.8, 4) is 0 Å². The molecule has 71 valence electrons. The van der Waals surface area contributed by atoms with E-state index >= 15 is 0 Å². The van der Waals surface area contributed by atoms with Crippen LogP contribution in [-0.4, -0.2) is 6.61 Å². The number of rotatable bonds is 3. The van der Waals surface area contributed by atoms with Gasteiger partial charge in [-0.3, -0.25) is 0 Å². The highest BCUT2D eigenvalue weighted by atomic mass is 16.5. The Morgan fingerprint density at radius 2 is 1.79 bits per heavy atom. The summed E-state index contributed by atoms with van der Waals surface area (Å²) >= 11 is 0. The van der Waals surface area contributed by atoms with Crippen LogP contribution in [0.1, 0.15) is 5.56 Å². The van der Waals surface area contributed by atoms with Gasteiger partial charge in [0.2, 0.25) is 0 Å². The Balaban J connectivity index is 2.32. The fourth-order valence-electron chi connectivity index (χ4n) is 1.58. The molecular formula is C13H13O. The van der Waals surface area contributed by atoms with E-state index in [9.17, 15) is 0 Å². The highest BCUT2D eigenvalue weighted by Gasteiger charge is 1.95. The summed E-state index contributed by atoms with van der Waals surface area (Å²) in [6.45, 7) is 0.679. The van der Waals surface area contributed by atoms with Crippen molar-refractivity contribution in [2.24, 2.45) is 0 Å². The zero-order chi connectivity index (χ0) is 9.80. The molecule has 1 nitrogen and oxygen atoms in total. The lowest BCUT2D eigenvalue weighted by atomic mass is 10.1. The van der Waals surface area contributed by atoms with Crippen LogP contribution < -0.4 is 0 Å². The van der Waals surface area contributed by atoms with Gasteiger partial charge in [-0.15, -0.1) is 0 Å². The van der Waals surface area contributed by atoms with Crippen molar-refractivity contribution in [3.05, 3.63) is 55.1 Å². The molecule has 2 rings (SSSR count). The van der Waals surface area contributed by atoms with Gasteiger partial charge in [0.05, 0.1) is 13.7 Å². The SMILES string of the molecule is [CH2]OCCc1ccc2ccccc2c1. The van der Waals surface area contributed by atoms with Gasteiger partial charge in [0.25, 0.3) is 0 Å². The number of hydrogen-bond donors (Lipinski definition) is 0. The van der Waals surface area contributed by atoms with Crippen molar-refractivity contribution in [2.45, 2.75) is 6.42 Å². The van der Waals surface area contributed by atoms with Gasteiger partial charge in [0.15, 0.2) is 0 Å². The number of fused-ring (bicyclic) bond motifs is 1. The zero-order valence-electron chi connectivity index (χ0n) is 8.07. The van der Waals surface area contributed by atoms with Crippen LogP contribution in [0, 0.1) is 7.11 Å². The summed E-state index contributed by atoms with van der Waals surface area (Å²) in [7, 11) is 3.36. The quantitative estimate of drug-likeness (QED) is 0.713. The summed E-state index contributed by atoms with van der Waals surface area (Å²) in [6.07, 6.45) is 0.925. The molecule has 0 atom stereocenters. The van der Waals surface area contributed by atoms with Crippen LogP contribution in [0.4, 0.5) is 0 Å². The fourth-order valence-corrected chi connectivity index (χ4v) is 1.58. The molecule has 0 aromatic heterocycles. The van der Waals surface area contributed by atoms with Gasteiger partial charge in [-0.25, -0.2) is 0 Å². The molecule has 0 aliphatic rings. The van der Waals surface area contributed by atoms with Crippen molar-refractivity contribution in [1.82, 2.24) is 0 Å². The summed E-state index contributed by atoms with van der Waals surface area (Å²) < 4.78 is 4.81. The summed E-state index contributed by atoms with van der Waals surface area (Å²) in [6, 6.07) is 14.9. The van der Waals surface area contributed by atoms with E-state index in [0.29, 0.717) is 6.61 Å². The Morgan fingerprint density at radius 3 is 2.57 bits per heavy atom. The third-order valence-corrected chi connectivity index (χ3v) is 2.35. The first-order valence-corrected chi connectivity index (χ1v) is 4.75. The van der Waals surface area contributed by atoms with Crippen LogP contribution in [0.5, 0.6) is 0 Å². The molecule has 0 aliphatic carbocycles. The van der Waals surface area contributed by atoms with E-state index in [1.54, 1.807) is 0 Å². The molecular weight excluding hydrogens is 172 g/mol. The summed E-state index contributed by atoms with van der Waals surface area (Å²) in [5.74, 6) is 0. The molecule has 2 aromatic rings. The largest absolute Gasteiger partial charge is 0.379 e. The summed E-state index contributed by atoms with van der Waals surface area (Å²) in [4.78, 5) is 0. The Labute approximate surface area is 84.3 Å². The predicted molar refractivity (Wildman–Crippen MR) is 59.0 cm³/mol. The van der Waals surface area contributed by atoms with E-state index < -0.39 is 0 Å². The molecule has 0 amide bonds. The fraction of sp³-hybridized carbons (Fsp3) is 0.154. The molecule has 14 heavy (non-hydrogen) atoms. The van der Waals surface area contributed by atoms with Crippen LogP contribution >= 0.6 is 0 Å². The van der Waals surface area contributed by atoms with Gasteiger partial charge in [-0.2, -0.15) is 0 Å². The Bertz CT molecular complexity index is 420. The molecule has 0 fully saturated rings. The highest BCUT2D eigenvalue weighted by molar-refractivity contribution is 5.82. The minimum atomic E-state index is 0.679. The minimum absolute atomic E-state index is 0.679. The van der Waals surface area contributed by atoms with E-state index in [1.165, 1.54) is 16.3 Å². The van der Waals surface area contributed by atoms with E-state index in [0.717, 1.165) is 6.42 Å². The zero-order valence-corrected chi connectivity index (χ0v) is 8.07. The van der Waals surface area contributed by atoms with Crippen molar-refractivity contribution in [3.63, 3.8) is 0 Å². The van der Waals surface area contributed by atoms with Gasteiger partial charge in [-0.05, 0) is 22.8 Å². The van der Waals surface area contributed by atoms with Crippen LogP contribution in [-0.2, 0) is 11.2 Å². The van der Waals surface area contributed by atoms with Crippen LogP contribution in [0.15, 0.2) is 42.5 Å². The van der Waals surface area contributed by atoms with Crippen molar-refractivity contribution >= 4 is 10.8 Å². The molecule has 0 N–H and O–H groups in total. The van der Waals surface area contributed by atoms with Gasteiger partial charge in [0, 0.05) is 0 Å². The smallest absolute Gasteiger partial charge is 0.0700 e. The second-order valence-corrected chi connectivity index (χ2v) is 3.34. The van der Waals surface area contributed by atoms with Gasteiger partial charge < -0.3 is 4.74 Å². The second kappa shape index (κ2) is 4.25. The van der Waals surface area contributed by atoms with E-state index in [2.05, 4.69) is 49.6 Å². The molecule has 0 bridgehead atoms. The number of hydrogen-bond acceptors (Lipinski definition) is 1. The Hall–Kier alpha value is -1.34. The van der Waals surface area contributed by atoms with Crippen molar-refractivity contribution < 1.29 is 4.74 Å². The van der Waals surface area contributed by atoms with Crippen LogP contribution in [0.3, 0.4) is 0 Å². The van der Waals surface area contributed by atoms with Crippen LogP contribution in [0.2, 0.25) is 0 Å². The minimum Gasteiger partial charge on any atom is -0.379 e. The number of benzene rings is 2. The monoisotopic (exact) mass is 185 g/mol. The molecule has 0 aliphatic heterocycles. The lowest BCUT2D eigenvalue weighted by molar-refractivity contribution is 0.246. The highest BCUT2D eigenvalue weighted by Crippen LogP contribution is 2.15. The predicted octanol–water partition coefficient (Wildman–Crippen LogP) is 3.19. The third-order valence-electron chi connectivity index (χ3n) is 2.35. The Kier molecular flexibility index (Phi) is 2.80. The third kappa shape index (κ3) is 1.94. The molecule has 0 spiro atoms. The van der Waals surface area contributed by atoms with Gasteiger partial charge in [-0.1, -0.05) is 42.5 Å². The summed E-state index contributed by atoms with van der Waals surface area (Å²) in [5.41, 5.74) is 1.30. The van der Waals surface area contributed by atoms with E-state index in [-0.39, 0.29) is 0 Å². The average Bonchev–Trinajstić information content (AvgIpc) is 2.26. The maximum Gasteiger partial charge on any atom is 0.0700 e. The Morgan fingerprint density at radius 1 is 1.00 bits per heavy atom. The van der Waals surface area contributed by atoms with Gasteiger partial charge in [0.1, 0.15) is 0 Å². The molecule has 2 aromatic carbocycles. The maximum absolute atomic E-state index is 4.81.